The molecule has 2 nitrogen and oxygen atoms in total. The van der Waals surface area contributed by atoms with Gasteiger partial charge in [-0.25, -0.2) is 0 Å². The van der Waals surface area contributed by atoms with Crippen LogP contribution in [-0.4, -0.2) is 24.8 Å². The Morgan fingerprint density at radius 3 is 2.46 bits per heavy atom. The van der Waals surface area contributed by atoms with Gasteiger partial charge in [-0.05, 0) is 44.7 Å². The summed E-state index contributed by atoms with van der Waals surface area (Å²) in [5, 5.41) is 12.1. The van der Waals surface area contributed by atoms with E-state index in [0.717, 1.165) is 12.3 Å². The van der Waals surface area contributed by atoms with E-state index in [1.807, 2.05) is 0 Å². The summed E-state index contributed by atoms with van der Waals surface area (Å²) in [7, 11) is 0. The number of unbranched alkanes of at least 4 members (excludes halogenated alkanes) is 3. The molecule has 1 fully saturated rings. The molecule has 2 N–H and O–H groups in total. The fraction of sp³-hybridized carbons (Fsp3) is 1.00. The fourth-order valence-corrected chi connectivity index (χ4v) is 1.72. The van der Waals surface area contributed by atoms with Crippen LogP contribution in [-0.2, 0) is 0 Å². The first-order chi connectivity index (χ1) is 6.43. The number of aliphatic hydroxyl groups is 1. The van der Waals surface area contributed by atoms with E-state index in [-0.39, 0.29) is 0 Å². The fourth-order valence-electron chi connectivity index (χ4n) is 1.72. The molecule has 0 aromatic heterocycles. The first-order valence-corrected chi connectivity index (χ1v) is 5.75. The van der Waals surface area contributed by atoms with Crippen molar-refractivity contribution in [3.63, 3.8) is 0 Å². The first kappa shape index (κ1) is 11.0. The summed E-state index contributed by atoms with van der Waals surface area (Å²) >= 11 is 0. The number of rotatable bonds is 8. The van der Waals surface area contributed by atoms with E-state index in [9.17, 15) is 0 Å². The summed E-state index contributed by atoms with van der Waals surface area (Å²) in [5.74, 6) is 0.984. The third-order valence-electron chi connectivity index (χ3n) is 2.92. The van der Waals surface area contributed by atoms with Gasteiger partial charge in [-0.3, -0.25) is 0 Å². The van der Waals surface area contributed by atoms with Crippen LogP contribution in [0.25, 0.3) is 0 Å². The number of hydrogen-bond donors (Lipinski definition) is 2. The zero-order chi connectivity index (χ0) is 9.36. The lowest BCUT2D eigenvalue weighted by Crippen LogP contribution is -2.27. The van der Waals surface area contributed by atoms with Gasteiger partial charge in [0.2, 0.25) is 0 Å². The van der Waals surface area contributed by atoms with Gasteiger partial charge in [0.05, 0.1) is 0 Å². The molecule has 0 heterocycles. The Kier molecular flexibility index (Phi) is 6.21. The molecule has 0 aromatic rings. The summed E-state index contributed by atoms with van der Waals surface area (Å²) in [6.07, 6.45) is 9.02. The van der Waals surface area contributed by atoms with E-state index >= 15 is 0 Å². The Bertz CT molecular complexity index is 113. The number of hydrogen-bond acceptors (Lipinski definition) is 2. The highest BCUT2D eigenvalue weighted by Gasteiger charge is 2.15. The Morgan fingerprint density at radius 2 is 1.85 bits per heavy atom. The predicted octanol–water partition coefficient (Wildman–Crippen LogP) is 1.93. The van der Waals surface area contributed by atoms with Crippen molar-refractivity contribution in [2.24, 2.45) is 5.92 Å². The van der Waals surface area contributed by atoms with E-state index in [4.69, 9.17) is 5.11 Å². The SMILES string of the molecule is OCCCCCCNCC1CCC1. The maximum atomic E-state index is 8.57. The summed E-state index contributed by atoms with van der Waals surface area (Å²) in [5.41, 5.74) is 0. The van der Waals surface area contributed by atoms with Crippen LogP contribution in [0, 0.1) is 5.92 Å². The van der Waals surface area contributed by atoms with Crippen molar-refractivity contribution in [2.75, 3.05) is 19.7 Å². The Morgan fingerprint density at radius 1 is 1.08 bits per heavy atom. The minimum Gasteiger partial charge on any atom is -0.396 e. The van der Waals surface area contributed by atoms with Crippen molar-refractivity contribution in [3.8, 4) is 0 Å². The Balaban J connectivity index is 1.68. The molecule has 0 atom stereocenters. The lowest BCUT2D eigenvalue weighted by molar-refractivity contribution is 0.281. The molecule has 0 aromatic carbocycles. The second-order valence-electron chi connectivity index (χ2n) is 4.14. The van der Waals surface area contributed by atoms with Crippen LogP contribution >= 0.6 is 0 Å². The van der Waals surface area contributed by atoms with E-state index in [2.05, 4.69) is 5.32 Å². The van der Waals surface area contributed by atoms with Crippen LogP contribution in [0.1, 0.15) is 44.9 Å². The highest BCUT2D eigenvalue weighted by atomic mass is 16.2. The van der Waals surface area contributed by atoms with E-state index < -0.39 is 0 Å². The third kappa shape index (κ3) is 5.27. The summed E-state index contributed by atoms with van der Waals surface area (Å²) < 4.78 is 0. The molecule has 0 spiro atoms. The van der Waals surface area contributed by atoms with E-state index in [1.54, 1.807) is 0 Å². The van der Waals surface area contributed by atoms with Crippen molar-refractivity contribution >= 4 is 0 Å². The van der Waals surface area contributed by atoms with Crippen molar-refractivity contribution in [1.82, 2.24) is 5.32 Å². The normalized spacial score (nSPS) is 17.3. The molecule has 1 aliphatic carbocycles. The topological polar surface area (TPSA) is 32.3 Å². The zero-order valence-corrected chi connectivity index (χ0v) is 8.60. The van der Waals surface area contributed by atoms with Gasteiger partial charge in [-0.1, -0.05) is 19.3 Å². The molecule has 0 bridgehead atoms. The third-order valence-corrected chi connectivity index (χ3v) is 2.92. The molecule has 78 valence electrons. The summed E-state index contributed by atoms with van der Waals surface area (Å²) in [6, 6.07) is 0. The molecule has 1 saturated carbocycles. The monoisotopic (exact) mass is 185 g/mol. The van der Waals surface area contributed by atoms with E-state index in [1.165, 1.54) is 51.6 Å². The van der Waals surface area contributed by atoms with Crippen molar-refractivity contribution in [1.29, 1.82) is 0 Å². The minimum atomic E-state index is 0.357. The van der Waals surface area contributed by atoms with Gasteiger partial charge in [-0.15, -0.1) is 0 Å². The lowest BCUT2D eigenvalue weighted by atomic mass is 9.85. The van der Waals surface area contributed by atoms with Gasteiger partial charge in [0, 0.05) is 6.61 Å². The minimum absolute atomic E-state index is 0.357. The molecule has 0 radical (unpaired) electrons. The number of aliphatic hydroxyl groups excluding tert-OH is 1. The summed E-state index contributed by atoms with van der Waals surface area (Å²) in [6.45, 7) is 2.76. The Hall–Kier alpha value is -0.0800. The molecule has 0 saturated heterocycles. The largest absolute Gasteiger partial charge is 0.396 e. The van der Waals surface area contributed by atoms with Gasteiger partial charge >= 0.3 is 0 Å². The molecule has 2 heteroatoms. The molecular weight excluding hydrogens is 162 g/mol. The predicted molar refractivity (Wildman–Crippen MR) is 55.8 cm³/mol. The van der Waals surface area contributed by atoms with Crippen LogP contribution in [0.15, 0.2) is 0 Å². The molecule has 13 heavy (non-hydrogen) atoms. The summed E-state index contributed by atoms with van der Waals surface area (Å²) in [4.78, 5) is 0. The van der Waals surface area contributed by atoms with Gasteiger partial charge in [0.15, 0.2) is 0 Å². The first-order valence-electron chi connectivity index (χ1n) is 5.75. The average molecular weight is 185 g/mol. The second kappa shape index (κ2) is 7.34. The maximum absolute atomic E-state index is 8.57. The Labute approximate surface area is 81.7 Å². The highest BCUT2D eigenvalue weighted by molar-refractivity contribution is 4.71. The van der Waals surface area contributed by atoms with Gasteiger partial charge in [0.25, 0.3) is 0 Å². The number of nitrogens with one attached hydrogen (secondary N) is 1. The van der Waals surface area contributed by atoms with E-state index in [0.29, 0.717) is 6.61 Å². The van der Waals surface area contributed by atoms with Crippen LogP contribution in [0.3, 0.4) is 0 Å². The highest BCUT2D eigenvalue weighted by Crippen LogP contribution is 2.24. The van der Waals surface area contributed by atoms with Gasteiger partial charge in [-0.2, -0.15) is 0 Å². The molecule has 0 amide bonds. The second-order valence-corrected chi connectivity index (χ2v) is 4.14. The molecule has 0 aliphatic heterocycles. The van der Waals surface area contributed by atoms with Crippen molar-refractivity contribution in [2.45, 2.75) is 44.9 Å². The quantitative estimate of drug-likeness (QED) is 0.566. The average Bonchev–Trinajstić information content (AvgIpc) is 2.07. The zero-order valence-electron chi connectivity index (χ0n) is 8.60. The van der Waals surface area contributed by atoms with Crippen molar-refractivity contribution in [3.05, 3.63) is 0 Å². The standard InChI is InChI=1S/C11H23NO/c13-9-4-2-1-3-8-12-10-11-6-5-7-11/h11-13H,1-10H2. The lowest BCUT2D eigenvalue weighted by Gasteiger charge is -2.25. The van der Waals surface area contributed by atoms with Gasteiger partial charge < -0.3 is 10.4 Å². The smallest absolute Gasteiger partial charge is 0.0431 e. The van der Waals surface area contributed by atoms with Crippen molar-refractivity contribution < 1.29 is 5.11 Å². The molecule has 0 unspecified atom stereocenters. The maximum Gasteiger partial charge on any atom is 0.0431 e. The van der Waals surface area contributed by atoms with Crippen LogP contribution in [0.2, 0.25) is 0 Å². The molecule has 1 rings (SSSR count). The van der Waals surface area contributed by atoms with Crippen LogP contribution < -0.4 is 5.32 Å². The molecule has 1 aliphatic rings. The molecular formula is C11H23NO. The van der Waals surface area contributed by atoms with Crippen LogP contribution in [0.5, 0.6) is 0 Å². The van der Waals surface area contributed by atoms with Gasteiger partial charge in [0.1, 0.15) is 0 Å². The van der Waals surface area contributed by atoms with Crippen LogP contribution in [0.4, 0.5) is 0 Å².